The normalized spacial score (nSPS) is 11.2. The zero-order valence-corrected chi connectivity index (χ0v) is 19.5. The van der Waals surface area contributed by atoms with Gasteiger partial charge in [-0.25, -0.2) is 13.1 Å². The minimum Gasteiger partial charge on any atom is -0.322 e. The summed E-state index contributed by atoms with van der Waals surface area (Å²) in [6, 6.07) is 18.4. The predicted molar refractivity (Wildman–Crippen MR) is 130 cm³/mol. The summed E-state index contributed by atoms with van der Waals surface area (Å²) in [6.07, 6.45) is 3.47. The molecule has 0 saturated heterocycles. The Bertz CT molecular complexity index is 1420. The van der Waals surface area contributed by atoms with Gasteiger partial charge in [-0.15, -0.1) is 0 Å². The summed E-state index contributed by atoms with van der Waals surface area (Å²) in [4.78, 5) is 12.6. The van der Waals surface area contributed by atoms with E-state index in [-0.39, 0.29) is 15.8 Å². The lowest BCUT2D eigenvalue weighted by atomic mass is 10.1. The Morgan fingerprint density at radius 3 is 2.42 bits per heavy atom. The van der Waals surface area contributed by atoms with E-state index in [1.165, 1.54) is 12.1 Å². The summed E-state index contributed by atoms with van der Waals surface area (Å²) in [5.74, 6) is -0.380. The molecule has 9 heteroatoms. The number of nitrogens with zero attached hydrogens (tertiary/aromatic N) is 2. The molecule has 0 unspecified atom stereocenters. The summed E-state index contributed by atoms with van der Waals surface area (Å²) in [5.41, 5.74) is 3.81. The fourth-order valence-corrected chi connectivity index (χ4v) is 4.96. The standard InChI is InChI=1S/C24H21ClN4O3S/c1-16-4-11-22(17(2)14-16)28-33(31,32)23-15-19(7-10-21(23)25)27-24(30)18-5-8-20(9-6-18)29-13-3-12-26-29/h3-15,28H,1-2H3,(H,27,30). The van der Waals surface area contributed by atoms with Crippen LogP contribution in [-0.2, 0) is 10.0 Å². The molecule has 1 amide bonds. The van der Waals surface area contributed by atoms with Crippen LogP contribution in [0.25, 0.3) is 5.69 Å². The molecule has 0 aliphatic carbocycles. The van der Waals surface area contributed by atoms with E-state index >= 15 is 0 Å². The topological polar surface area (TPSA) is 93.1 Å². The molecule has 4 aromatic rings. The molecule has 0 bridgehead atoms. The van der Waals surface area contributed by atoms with Crippen LogP contribution in [0.4, 0.5) is 11.4 Å². The lowest BCUT2D eigenvalue weighted by Crippen LogP contribution is -2.16. The maximum atomic E-state index is 13.0. The lowest BCUT2D eigenvalue weighted by molar-refractivity contribution is 0.102. The summed E-state index contributed by atoms with van der Waals surface area (Å²) in [7, 11) is -3.98. The van der Waals surface area contributed by atoms with E-state index in [4.69, 9.17) is 11.6 Å². The number of aryl methyl sites for hydroxylation is 2. The van der Waals surface area contributed by atoms with Crippen LogP contribution < -0.4 is 10.0 Å². The SMILES string of the molecule is Cc1ccc(NS(=O)(=O)c2cc(NC(=O)c3ccc(-n4cccn4)cc3)ccc2Cl)c(C)c1. The average Bonchev–Trinajstić information content (AvgIpc) is 3.32. The number of nitrogens with one attached hydrogen (secondary N) is 2. The van der Waals surface area contributed by atoms with E-state index in [2.05, 4.69) is 15.1 Å². The van der Waals surface area contributed by atoms with Gasteiger partial charge in [0, 0.05) is 23.6 Å². The number of sulfonamides is 1. The molecule has 0 fully saturated rings. The Balaban J connectivity index is 1.54. The average molecular weight is 481 g/mol. The van der Waals surface area contributed by atoms with Crippen molar-refractivity contribution < 1.29 is 13.2 Å². The number of benzene rings is 3. The van der Waals surface area contributed by atoms with Crippen LogP contribution in [0.5, 0.6) is 0 Å². The van der Waals surface area contributed by atoms with Crippen molar-refractivity contribution in [2.24, 2.45) is 0 Å². The number of carbonyl (C=O) groups is 1. The van der Waals surface area contributed by atoms with Gasteiger partial charge in [-0.3, -0.25) is 9.52 Å². The van der Waals surface area contributed by atoms with Gasteiger partial charge in [0.15, 0.2) is 0 Å². The molecule has 0 atom stereocenters. The Labute approximate surface area is 197 Å². The molecule has 33 heavy (non-hydrogen) atoms. The summed E-state index contributed by atoms with van der Waals surface area (Å²) >= 11 is 6.19. The molecule has 2 N–H and O–H groups in total. The fourth-order valence-electron chi connectivity index (χ4n) is 3.31. The number of halogens is 1. The fraction of sp³-hybridized carbons (Fsp3) is 0.0833. The molecule has 0 radical (unpaired) electrons. The van der Waals surface area contributed by atoms with E-state index in [1.54, 1.807) is 53.5 Å². The van der Waals surface area contributed by atoms with Crippen LogP contribution in [0.1, 0.15) is 21.5 Å². The van der Waals surface area contributed by atoms with E-state index in [1.807, 2.05) is 32.0 Å². The van der Waals surface area contributed by atoms with Gasteiger partial charge in [-0.05, 0) is 74.0 Å². The van der Waals surface area contributed by atoms with E-state index in [0.717, 1.165) is 16.8 Å². The molecule has 0 aliphatic heterocycles. The monoisotopic (exact) mass is 480 g/mol. The second-order valence-electron chi connectivity index (χ2n) is 7.52. The molecule has 0 saturated carbocycles. The first-order valence-electron chi connectivity index (χ1n) is 10.0. The minimum absolute atomic E-state index is 0.0499. The molecular formula is C24H21ClN4O3S. The first kappa shape index (κ1) is 22.6. The van der Waals surface area contributed by atoms with Crippen LogP contribution >= 0.6 is 11.6 Å². The maximum absolute atomic E-state index is 13.0. The van der Waals surface area contributed by atoms with Gasteiger partial charge in [0.1, 0.15) is 4.90 Å². The van der Waals surface area contributed by atoms with Crippen LogP contribution in [0.15, 0.2) is 84.0 Å². The van der Waals surface area contributed by atoms with Gasteiger partial charge in [-0.1, -0.05) is 29.3 Å². The first-order valence-corrected chi connectivity index (χ1v) is 11.9. The Kier molecular flexibility index (Phi) is 6.22. The number of hydrogen-bond acceptors (Lipinski definition) is 4. The number of aromatic nitrogens is 2. The summed E-state index contributed by atoms with van der Waals surface area (Å²) in [5, 5.41) is 6.92. The highest BCUT2D eigenvalue weighted by atomic mass is 35.5. The zero-order valence-electron chi connectivity index (χ0n) is 17.9. The molecule has 3 aromatic carbocycles. The Hall–Kier alpha value is -3.62. The predicted octanol–water partition coefficient (Wildman–Crippen LogP) is 5.20. The molecule has 0 spiro atoms. The maximum Gasteiger partial charge on any atom is 0.263 e. The van der Waals surface area contributed by atoms with E-state index < -0.39 is 10.0 Å². The van der Waals surface area contributed by atoms with Crippen LogP contribution in [0.2, 0.25) is 5.02 Å². The third-order valence-corrected chi connectivity index (χ3v) is 6.85. The Morgan fingerprint density at radius 1 is 1.00 bits per heavy atom. The van der Waals surface area contributed by atoms with Gasteiger partial charge >= 0.3 is 0 Å². The van der Waals surface area contributed by atoms with Gasteiger partial charge < -0.3 is 5.32 Å². The highest BCUT2D eigenvalue weighted by molar-refractivity contribution is 7.92. The van der Waals surface area contributed by atoms with Gasteiger partial charge in [0.05, 0.1) is 16.4 Å². The number of rotatable bonds is 6. The molecule has 7 nitrogen and oxygen atoms in total. The number of carbonyl (C=O) groups excluding carboxylic acids is 1. The summed E-state index contributed by atoms with van der Waals surface area (Å²) < 4.78 is 30.3. The van der Waals surface area contributed by atoms with Crippen molar-refractivity contribution in [3.05, 3.63) is 101 Å². The smallest absolute Gasteiger partial charge is 0.263 e. The summed E-state index contributed by atoms with van der Waals surface area (Å²) in [6.45, 7) is 3.75. The molecular weight excluding hydrogens is 460 g/mol. The van der Waals surface area contributed by atoms with Crippen molar-refractivity contribution in [1.29, 1.82) is 0 Å². The number of hydrogen-bond donors (Lipinski definition) is 2. The highest BCUT2D eigenvalue weighted by Gasteiger charge is 2.20. The van der Waals surface area contributed by atoms with Crippen molar-refractivity contribution >= 4 is 38.9 Å². The first-order chi connectivity index (χ1) is 15.7. The van der Waals surface area contributed by atoms with E-state index in [0.29, 0.717) is 16.9 Å². The number of anilines is 2. The van der Waals surface area contributed by atoms with E-state index in [9.17, 15) is 13.2 Å². The van der Waals surface area contributed by atoms with Gasteiger partial charge in [0.25, 0.3) is 15.9 Å². The van der Waals surface area contributed by atoms with Crippen molar-refractivity contribution in [1.82, 2.24) is 9.78 Å². The zero-order chi connectivity index (χ0) is 23.6. The van der Waals surface area contributed by atoms with Gasteiger partial charge in [-0.2, -0.15) is 5.10 Å². The van der Waals surface area contributed by atoms with Crippen molar-refractivity contribution in [2.75, 3.05) is 10.0 Å². The van der Waals surface area contributed by atoms with Crippen molar-refractivity contribution in [3.63, 3.8) is 0 Å². The largest absolute Gasteiger partial charge is 0.322 e. The van der Waals surface area contributed by atoms with Crippen LogP contribution in [0, 0.1) is 13.8 Å². The minimum atomic E-state index is -3.98. The molecule has 0 aliphatic rings. The quantitative estimate of drug-likeness (QED) is 0.397. The van der Waals surface area contributed by atoms with Crippen LogP contribution in [0.3, 0.4) is 0 Å². The lowest BCUT2D eigenvalue weighted by Gasteiger charge is -2.14. The van der Waals surface area contributed by atoms with Crippen LogP contribution in [-0.4, -0.2) is 24.1 Å². The van der Waals surface area contributed by atoms with Crippen molar-refractivity contribution in [2.45, 2.75) is 18.7 Å². The molecule has 1 aromatic heterocycles. The molecule has 168 valence electrons. The molecule has 4 rings (SSSR count). The third kappa shape index (κ3) is 5.08. The second kappa shape index (κ2) is 9.09. The van der Waals surface area contributed by atoms with Gasteiger partial charge in [0.2, 0.25) is 0 Å². The number of amides is 1. The third-order valence-electron chi connectivity index (χ3n) is 5.00. The van der Waals surface area contributed by atoms with Crippen molar-refractivity contribution in [3.8, 4) is 5.69 Å². The molecule has 1 heterocycles. The second-order valence-corrected chi connectivity index (χ2v) is 9.58. The highest BCUT2D eigenvalue weighted by Crippen LogP contribution is 2.28. The Morgan fingerprint density at radius 2 is 1.76 bits per heavy atom.